The Labute approximate surface area is 171 Å². The third-order valence-corrected chi connectivity index (χ3v) is 4.11. The van der Waals surface area contributed by atoms with Crippen LogP contribution in [0, 0.1) is 0 Å². The van der Waals surface area contributed by atoms with Crippen molar-refractivity contribution in [2.24, 2.45) is 0 Å². The molecule has 0 aliphatic heterocycles. The maximum absolute atomic E-state index is 9.50. The van der Waals surface area contributed by atoms with Gasteiger partial charge in [0.15, 0.2) is 0 Å². The van der Waals surface area contributed by atoms with E-state index in [0.29, 0.717) is 45.2 Å². The lowest BCUT2D eigenvalue weighted by molar-refractivity contribution is 0.0702. The fourth-order valence-corrected chi connectivity index (χ4v) is 2.83. The molecule has 7 nitrogen and oxygen atoms in total. The molecule has 2 aromatic rings. The minimum absolute atomic E-state index is 0.00331. The van der Waals surface area contributed by atoms with Crippen LogP contribution in [0.5, 0.6) is 11.5 Å². The first-order valence-corrected chi connectivity index (χ1v) is 9.76. The number of rotatable bonds is 15. The summed E-state index contributed by atoms with van der Waals surface area (Å²) in [5.74, 6) is 1.45. The Morgan fingerprint density at radius 1 is 0.621 bits per heavy atom. The summed E-state index contributed by atoms with van der Waals surface area (Å²) in [6, 6.07) is 13.5. The fraction of sp³-hybridized carbons (Fsp3) is 0.455. The second-order valence-corrected chi connectivity index (χ2v) is 6.15. The van der Waals surface area contributed by atoms with Crippen LogP contribution in [0.25, 0.3) is 11.1 Å². The molecule has 29 heavy (non-hydrogen) atoms. The maximum Gasteiger partial charge on any atom is 0.123 e. The monoisotopic (exact) mass is 406 g/mol. The van der Waals surface area contributed by atoms with Crippen LogP contribution in [0.15, 0.2) is 42.5 Å². The van der Waals surface area contributed by atoms with E-state index in [2.05, 4.69) is 0 Å². The SMILES string of the molecule is OCCOCCOc1ccc(-c2cccc(OCCOCCO)c2CCO)cc1. The van der Waals surface area contributed by atoms with Gasteiger partial charge in [0.25, 0.3) is 0 Å². The Hall–Kier alpha value is -2.16. The predicted octanol–water partition coefficient (Wildman–Crippen LogP) is 1.66. The average Bonchev–Trinajstić information content (AvgIpc) is 2.75. The zero-order valence-corrected chi connectivity index (χ0v) is 16.6. The summed E-state index contributed by atoms with van der Waals surface area (Å²) in [5.41, 5.74) is 2.92. The van der Waals surface area contributed by atoms with E-state index in [0.717, 1.165) is 22.4 Å². The molecule has 0 heterocycles. The van der Waals surface area contributed by atoms with Gasteiger partial charge in [0.1, 0.15) is 24.7 Å². The summed E-state index contributed by atoms with van der Waals surface area (Å²) >= 11 is 0. The highest BCUT2D eigenvalue weighted by Crippen LogP contribution is 2.32. The molecule has 0 radical (unpaired) electrons. The Balaban J connectivity index is 2.03. The van der Waals surface area contributed by atoms with Crippen LogP contribution in [-0.4, -0.2) is 74.8 Å². The van der Waals surface area contributed by atoms with Crippen molar-refractivity contribution in [1.82, 2.24) is 0 Å². The number of aliphatic hydroxyl groups is 3. The molecule has 0 aliphatic rings. The van der Waals surface area contributed by atoms with Crippen molar-refractivity contribution in [1.29, 1.82) is 0 Å². The predicted molar refractivity (Wildman–Crippen MR) is 109 cm³/mol. The lowest BCUT2D eigenvalue weighted by Crippen LogP contribution is -2.10. The van der Waals surface area contributed by atoms with Crippen molar-refractivity contribution in [2.45, 2.75) is 6.42 Å². The Morgan fingerprint density at radius 2 is 1.28 bits per heavy atom. The van der Waals surface area contributed by atoms with Crippen LogP contribution in [0.1, 0.15) is 5.56 Å². The first-order valence-electron chi connectivity index (χ1n) is 9.76. The number of aliphatic hydroxyl groups excluding tert-OH is 3. The van der Waals surface area contributed by atoms with E-state index >= 15 is 0 Å². The van der Waals surface area contributed by atoms with E-state index in [1.54, 1.807) is 0 Å². The van der Waals surface area contributed by atoms with Crippen molar-refractivity contribution in [3.05, 3.63) is 48.0 Å². The Bertz CT molecular complexity index is 688. The number of ether oxygens (including phenoxy) is 4. The van der Waals surface area contributed by atoms with Gasteiger partial charge in [0, 0.05) is 12.2 Å². The third-order valence-electron chi connectivity index (χ3n) is 4.11. The van der Waals surface area contributed by atoms with Crippen molar-refractivity contribution in [3.8, 4) is 22.6 Å². The second-order valence-electron chi connectivity index (χ2n) is 6.15. The summed E-state index contributed by atoms with van der Waals surface area (Å²) in [4.78, 5) is 0. The zero-order valence-electron chi connectivity index (χ0n) is 16.6. The minimum Gasteiger partial charge on any atom is -0.491 e. The summed E-state index contributed by atoms with van der Waals surface area (Å²) in [5, 5.41) is 26.9. The van der Waals surface area contributed by atoms with E-state index in [4.69, 9.17) is 29.2 Å². The van der Waals surface area contributed by atoms with E-state index in [-0.39, 0.29) is 26.4 Å². The lowest BCUT2D eigenvalue weighted by atomic mass is 9.97. The first kappa shape index (κ1) is 23.1. The van der Waals surface area contributed by atoms with Gasteiger partial charge in [0.05, 0.1) is 39.6 Å². The molecule has 0 aliphatic carbocycles. The smallest absolute Gasteiger partial charge is 0.123 e. The van der Waals surface area contributed by atoms with Gasteiger partial charge in [-0.3, -0.25) is 0 Å². The van der Waals surface area contributed by atoms with Crippen LogP contribution in [-0.2, 0) is 15.9 Å². The molecule has 0 aromatic heterocycles. The van der Waals surface area contributed by atoms with Crippen molar-refractivity contribution in [3.63, 3.8) is 0 Å². The highest BCUT2D eigenvalue weighted by molar-refractivity contribution is 5.70. The molecule has 2 aromatic carbocycles. The maximum atomic E-state index is 9.50. The molecule has 0 bridgehead atoms. The largest absolute Gasteiger partial charge is 0.491 e. The van der Waals surface area contributed by atoms with Gasteiger partial charge in [-0.2, -0.15) is 0 Å². The van der Waals surface area contributed by atoms with Gasteiger partial charge in [0.2, 0.25) is 0 Å². The highest BCUT2D eigenvalue weighted by Gasteiger charge is 2.11. The molecular weight excluding hydrogens is 376 g/mol. The minimum atomic E-state index is -0.0133. The highest BCUT2D eigenvalue weighted by atomic mass is 16.5. The van der Waals surface area contributed by atoms with E-state index in [1.807, 2.05) is 42.5 Å². The Kier molecular flexibility index (Phi) is 11.1. The van der Waals surface area contributed by atoms with Crippen LogP contribution in [0.4, 0.5) is 0 Å². The van der Waals surface area contributed by atoms with Crippen molar-refractivity contribution in [2.75, 3.05) is 59.5 Å². The van der Waals surface area contributed by atoms with Crippen LogP contribution >= 0.6 is 0 Å². The first-order chi connectivity index (χ1) is 14.3. The molecular formula is C22H30O7. The van der Waals surface area contributed by atoms with E-state index < -0.39 is 0 Å². The van der Waals surface area contributed by atoms with Crippen LogP contribution < -0.4 is 9.47 Å². The summed E-state index contributed by atoms with van der Waals surface area (Å²) in [7, 11) is 0. The molecule has 0 amide bonds. The molecule has 0 atom stereocenters. The normalized spacial score (nSPS) is 10.9. The molecule has 160 valence electrons. The number of hydrogen-bond donors (Lipinski definition) is 3. The van der Waals surface area contributed by atoms with Crippen molar-refractivity contribution >= 4 is 0 Å². The van der Waals surface area contributed by atoms with E-state index in [1.165, 1.54) is 0 Å². The van der Waals surface area contributed by atoms with Gasteiger partial charge in [-0.15, -0.1) is 0 Å². The van der Waals surface area contributed by atoms with Gasteiger partial charge in [-0.1, -0.05) is 24.3 Å². The summed E-state index contributed by atoms with van der Waals surface area (Å²) < 4.78 is 21.9. The average molecular weight is 406 g/mol. The topological polar surface area (TPSA) is 97.6 Å². The van der Waals surface area contributed by atoms with E-state index in [9.17, 15) is 5.11 Å². The summed E-state index contributed by atoms with van der Waals surface area (Å²) in [6.45, 7) is 2.19. The molecule has 0 fully saturated rings. The molecule has 2 rings (SSSR count). The lowest BCUT2D eigenvalue weighted by Gasteiger charge is -2.16. The van der Waals surface area contributed by atoms with Gasteiger partial charge in [-0.25, -0.2) is 0 Å². The number of hydrogen-bond acceptors (Lipinski definition) is 7. The van der Waals surface area contributed by atoms with Crippen LogP contribution in [0.3, 0.4) is 0 Å². The second kappa shape index (κ2) is 13.9. The summed E-state index contributed by atoms with van der Waals surface area (Å²) in [6.07, 6.45) is 0.476. The number of benzene rings is 2. The molecule has 0 saturated carbocycles. The standard InChI is InChI=1S/C22H30O7/c23-9-8-21-20(2-1-3-22(21)29-17-15-27-13-11-25)18-4-6-19(7-5-18)28-16-14-26-12-10-24/h1-7,23-25H,8-17H2. The molecule has 0 saturated heterocycles. The van der Waals surface area contributed by atoms with Gasteiger partial charge < -0.3 is 34.3 Å². The van der Waals surface area contributed by atoms with Gasteiger partial charge >= 0.3 is 0 Å². The zero-order chi connectivity index (χ0) is 20.7. The fourth-order valence-electron chi connectivity index (χ4n) is 2.83. The third kappa shape index (κ3) is 8.00. The molecule has 0 spiro atoms. The van der Waals surface area contributed by atoms with Gasteiger partial charge in [-0.05, 0) is 35.7 Å². The quantitative estimate of drug-likeness (QED) is 0.387. The Morgan fingerprint density at radius 3 is 1.90 bits per heavy atom. The molecule has 3 N–H and O–H groups in total. The molecule has 0 unspecified atom stereocenters. The van der Waals surface area contributed by atoms with Crippen LogP contribution in [0.2, 0.25) is 0 Å². The molecule has 7 heteroatoms. The van der Waals surface area contributed by atoms with Crippen molar-refractivity contribution < 1.29 is 34.3 Å².